The van der Waals surface area contributed by atoms with Gasteiger partial charge in [-0.25, -0.2) is 4.79 Å². The third-order valence-corrected chi connectivity index (χ3v) is 5.86. The Bertz CT molecular complexity index is 1080. The number of carbonyl (C=O) groups excluding carboxylic acids is 1. The van der Waals surface area contributed by atoms with Gasteiger partial charge in [-0.3, -0.25) is 0 Å². The molecule has 0 heterocycles. The molecule has 4 rings (SSSR count). The Labute approximate surface area is 194 Å². The van der Waals surface area contributed by atoms with Gasteiger partial charge in [0.05, 0.1) is 12.6 Å². The van der Waals surface area contributed by atoms with Crippen LogP contribution in [0, 0.1) is 0 Å². The summed E-state index contributed by atoms with van der Waals surface area (Å²) in [4.78, 5) is 12.6. The number of carbonyl (C=O) groups is 1. The minimum Gasteiger partial charge on any atom is -0.491 e. The second kappa shape index (κ2) is 10.8. The highest BCUT2D eigenvalue weighted by atomic mass is 16.5. The van der Waals surface area contributed by atoms with E-state index in [0.29, 0.717) is 5.75 Å². The summed E-state index contributed by atoms with van der Waals surface area (Å²) in [5.74, 6) is 0.730. The zero-order chi connectivity index (χ0) is 23.0. The summed E-state index contributed by atoms with van der Waals surface area (Å²) < 4.78 is 11.2. The van der Waals surface area contributed by atoms with Crippen molar-refractivity contribution in [2.24, 2.45) is 0 Å². The van der Waals surface area contributed by atoms with Crippen molar-refractivity contribution in [3.63, 3.8) is 0 Å². The van der Waals surface area contributed by atoms with Crippen LogP contribution in [0.1, 0.15) is 36.0 Å². The predicted molar refractivity (Wildman–Crippen MR) is 130 cm³/mol. The molecule has 3 aromatic rings. The van der Waals surface area contributed by atoms with E-state index in [4.69, 9.17) is 14.6 Å². The first-order valence-corrected chi connectivity index (χ1v) is 11.3. The molecule has 0 bridgehead atoms. The highest BCUT2D eigenvalue weighted by Crippen LogP contribution is 2.44. The summed E-state index contributed by atoms with van der Waals surface area (Å²) in [5, 5.41) is 11.9. The van der Waals surface area contributed by atoms with Gasteiger partial charge >= 0.3 is 6.09 Å². The summed E-state index contributed by atoms with van der Waals surface area (Å²) in [6.45, 7) is 2.49. The Hall–Kier alpha value is -3.57. The van der Waals surface area contributed by atoms with Crippen LogP contribution in [-0.2, 0) is 4.74 Å². The number of hydrogen-bond donors (Lipinski definition) is 2. The molecular weight excluding hydrogens is 414 g/mol. The van der Waals surface area contributed by atoms with E-state index in [-0.39, 0.29) is 31.8 Å². The van der Waals surface area contributed by atoms with E-state index in [1.165, 1.54) is 22.3 Å². The molecule has 1 aliphatic carbocycles. The van der Waals surface area contributed by atoms with E-state index in [0.717, 1.165) is 12.0 Å². The third kappa shape index (κ3) is 5.26. The van der Waals surface area contributed by atoms with Gasteiger partial charge in [-0.05, 0) is 34.7 Å². The maximum Gasteiger partial charge on any atom is 0.407 e. The normalized spacial score (nSPS) is 13.4. The number of rotatable bonds is 9. The van der Waals surface area contributed by atoms with Gasteiger partial charge in [-0.1, -0.05) is 85.8 Å². The SMILES string of the molecule is CC[C@H](/C=C/c1ccccc1OCCO)NC(=O)OCC1c2ccccc2-c2ccccc21. The molecule has 33 heavy (non-hydrogen) atoms. The maximum absolute atomic E-state index is 12.6. The van der Waals surface area contributed by atoms with Gasteiger partial charge in [0.15, 0.2) is 0 Å². The second-order valence-corrected chi connectivity index (χ2v) is 7.95. The van der Waals surface area contributed by atoms with Crippen molar-refractivity contribution in [3.8, 4) is 16.9 Å². The zero-order valence-corrected chi connectivity index (χ0v) is 18.7. The Kier molecular flexibility index (Phi) is 7.43. The zero-order valence-electron chi connectivity index (χ0n) is 18.7. The van der Waals surface area contributed by atoms with Gasteiger partial charge in [-0.15, -0.1) is 0 Å². The lowest BCUT2D eigenvalue weighted by molar-refractivity contribution is 0.140. The molecule has 170 valence electrons. The van der Waals surface area contributed by atoms with E-state index in [1.807, 2.05) is 67.6 Å². The number of ether oxygens (including phenoxy) is 2. The Balaban J connectivity index is 1.38. The molecule has 0 aromatic heterocycles. The van der Waals surface area contributed by atoms with Crippen molar-refractivity contribution in [1.29, 1.82) is 0 Å². The molecule has 1 aliphatic rings. The minimum atomic E-state index is -0.432. The van der Waals surface area contributed by atoms with Gasteiger partial charge in [0.1, 0.15) is 19.0 Å². The molecule has 0 spiro atoms. The average molecular weight is 444 g/mol. The molecule has 0 fully saturated rings. The van der Waals surface area contributed by atoms with Gasteiger partial charge < -0.3 is 19.9 Å². The summed E-state index contributed by atoms with van der Waals surface area (Å²) in [6.07, 6.45) is 4.14. The summed E-state index contributed by atoms with van der Waals surface area (Å²) in [5.41, 5.74) is 5.69. The first-order chi connectivity index (χ1) is 16.2. The Morgan fingerprint density at radius 2 is 1.64 bits per heavy atom. The standard InChI is InChI=1S/C28H29NO4/c1-2-21(16-15-20-9-3-8-14-27(20)32-18-17-30)29-28(31)33-19-26-24-12-6-4-10-22(24)23-11-5-7-13-25(23)26/h3-16,21,26,30H,2,17-19H2,1H3,(H,29,31)/b16-15+/t21-/m1/s1. The van der Waals surface area contributed by atoms with Crippen LogP contribution in [0.15, 0.2) is 78.9 Å². The minimum absolute atomic E-state index is 0.0364. The molecule has 0 unspecified atom stereocenters. The number of nitrogens with one attached hydrogen (secondary N) is 1. The maximum atomic E-state index is 12.6. The van der Waals surface area contributed by atoms with Crippen LogP contribution in [0.3, 0.4) is 0 Å². The number of para-hydroxylation sites is 1. The van der Waals surface area contributed by atoms with Gasteiger partial charge in [0.25, 0.3) is 0 Å². The molecule has 2 N–H and O–H groups in total. The van der Waals surface area contributed by atoms with Crippen LogP contribution in [0.5, 0.6) is 5.75 Å². The van der Waals surface area contributed by atoms with Crippen LogP contribution in [0.4, 0.5) is 4.79 Å². The van der Waals surface area contributed by atoms with Crippen LogP contribution >= 0.6 is 0 Å². The van der Waals surface area contributed by atoms with Crippen LogP contribution in [0.25, 0.3) is 17.2 Å². The number of aliphatic hydroxyl groups is 1. The average Bonchev–Trinajstić information content (AvgIpc) is 3.18. The number of fused-ring (bicyclic) bond motifs is 3. The fourth-order valence-corrected chi connectivity index (χ4v) is 4.20. The Morgan fingerprint density at radius 1 is 1.00 bits per heavy atom. The second-order valence-electron chi connectivity index (χ2n) is 7.95. The van der Waals surface area contributed by atoms with E-state index in [1.54, 1.807) is 0 Å². The number of aliphatic hydroxyl groups excluding tert-OH is 1. The topological polar surface area (TPSA) is 67.8 Å². The van der Waals surface area contributed by atoms with Crippen molar-refractivity contribution in [3.05, 3.63) is 95.6 Å². The number of amides is 1. The fraction of sp³-hybridized carbons (Fsp3) is 0.250. The Morgan fingerprint density at radius 3 is 2.30 bits per heavy atom. The first-order valence-electron chi connectivity index (χ1n) is 11.3. The molecule has 1 amide bonds. The van der Waals surface area contributed by atoms with Crippen molar-refractivity contribution >= 4 is 12.2 Å². The van der Waals surface area contributed by atoms with Gasteiger partial charge in [0.2, 0.25) is 0 Å². The van der Waals surface area contributed by atoms with Crippen molar-refractivity contribution in [2.75, 3.05) is 19.8 Å². The molecule has 0 saturated carbocycles. The molecule has 0 saturated heterocycles. The molecular formula is C28H29NO4. The number of alkyl carbamates (subject to hydrolysis) is 1. The fourth-order valence-electron chi connectivity index (χ4n) is 4.20. The smallest absolute Gasteiger partial charge is 0.407 e. The molecule has 0 radical (unpaired) electrons. The lowest BCUT2D eigenvalue weighted by atomic mass is 9.98. The predicted octanol–water partition coefficient (Wildman–Crippen LogP) is 5.39. The highest BCUT2D eigenvalue weighted by Gasteiger charge is 2.29. The first kappa shape index (κ1) is 22.6. The third-order valence-electron chi connectivity index (χ3n) is 5.86. The van der Waals surface area contributed by atoms with Gasteiger partial charge in [0, 0.05) is 11.5 Å². The van der Waals surface area contributed by atoms with Crippen LogP contribution in [-0.4, -0.2) is 37.1 Å². The van der Waals surface area contributed by atoms with Crippen LogP contribution < -0.4 is 10.1 Å². The molecule has 3 aromatic carbocycles. The van der Waals surface area contributed by atoms with Crippen molar-refractivity contribution < 1.29 is 19.4 Å². The molecule has 5 heteroatoms. The summed E-state index contributed by atoms with van der Waals surface area (Å²) in [7, 11) is 0. The molecule has 0 aliphatic heterocycles. The van der Waals surface area contributed by atoms with E-state index in [9.17, 15) is 4.79 Å². The number of hydrogen-bond acceptors (Lipinski definition) is 4. The monoisotopic (exact) mass is 443 g/mol. The molecule has 1 atom stereocenters. The van der Waals surface area contributed by atoms with E-state index >= 15 is 0 Å². The van der Waals surface area contributed by atoms with Crippen LogP contribution in [0.2, 0.25) is 0 Å². The van der Waals surface area contributed by atoms with Crippen molar-refractivity contribution in [1.82, 2.24) is 5.32 Å². The van der Waals surface area contributed by atoms with E-state index in [2.05, 4.69) is 29.6 Å². The summed E-state index contributed by atoms with van der Waals surface area (Å²) >= 11 is 0. The number of benzene rings is 3. The van der Waals surface area contributed by atoms with Crippen molar-refractivity contribution in [2.45, 2.75) is 25.3 Å². The quantitative estimate of drug-likeness (QED) is 0.465. The van der Waals surface area contributed by atoms with Gasteiger partial charge in [-0.2, -0.15) is 0 Å². The largest absolute Gasteiger partial charge is 0.491 e. The summed E-state index contributed by atoms with van der Waals surface area (Å²) in [6, 6.07) is 24.0. The lowest BCUT2D eigenvalue weighted by Crippen LogP contribution is -2.34. The molecule has 5 nitrogen and oxygen atoms in total. The lowest BCUT2D eigenvalue weighted by Gasteiger charge is -2.17. The highest BCUT2D eigenvalue weighted by molar-refractivity contribution is 5.79. The van der Waals surface area contributed by atoms with E-state index < -0.39 is 6.09 Å².